The molecule has 6 heteroatoms. The first-order valence-corrected chi connectivity index (χ1v) is 8.79. The number of rotatable bonds is 7. The maximum atomic E-state index is 12.4. The van der Waals surface area contributed by atoms with Gasteiger partial charge >= 0.3 is 5.97 Å². The minimum atomic E-state index is -0.446. The van der Waals surface area contributed by atoms with Gasteiger partial charge in [0.05, 0.1) is 0 Å². The Labute approximate surface area is 158 Å². The quantitative estimate of drug-likeness (QED) is 0.578. The Balaban J connectivity index is 2.03. The fourth-order valence-electron chi connectivity index (χ4n) is 2.51. The number of hydrogen-bond acceptors (Lipinski definition) is 4. The van der Waals surface area contributed by atoms with Crippen molar-refractivity contribution in [3.8, 4) is 5.75 Å². The van der Waals surface area contributed by atoms with Gasteiger partial charge in [-0.05, 0) is 35.7 Å². The summed E-state index contributed by atoms with van der Waals surface area (Å²) in [4.78, 5) is 35.5. The van der Waals surface area contributed by atoms with Crippen molar-refractivity contribution < 1.29 is 19.1 Å². The van der Waals surface area contributed by atoms with E-state index in [1.54, 1.807) is 24.3 Å². The number of anilines is 1. The summed E-state index contributed by atoms with van der Waals surface area (Å²) in [5, 5.41) is 5.71. The molecule has 0 spiro atoms. The first kappa shape index (κ1) is 20.2. The number of amides is 2. The first-order chi connectivity index (χ1) is 12.8. The molecular formula is C21H24N2O4. The second kappa shape index (κ2) is 9.52. The van der Waals surface area contributed by atoms with Crippen molar-refractivity contribution in [2.45, 2.75) is 33.7 Å². The number of ether oxygens (including phenoxy) is 1. The maximum absolute atomic E-state index is 12.4. The van der Waals surface area contributed by atoms with Crippen LogP contribution in [-0.4, -0.2) is 17.8 Å². The van der Waals surface area contributed by atoms with Crippen LogP contribution in [0.2, 0.25) is 0 Å². The molecule has 2 N–H and O–H groups in total. The van der Waals surface area contributed by atoms with E-state index in [4.69, 9.17) is 4.74 Å². The molecule has 0 saturated heterocycles. The maximum Gasteiger partial charge on any atom is 0.308 e. The van der Waals surface area contributed by atoms with Gasteiger partial charge in [0.2, 0.25) is 5.91 Å². The molecule has 6 nitrogen and oxygen atoms in total. The average molecular weight is 368 g/mol. The monoisotopic (exact) mass is 368 g/mol. The van der Waals surface area contributed by atoms with Crippen LogP contribution in [-0.2, 0) is 16.1 Å². The molecule has 0 aliphatic carbocycles. The first-order valence-electron chi connectivity index (χ1n) is 8.79. The molecule has 2 rings (SSSR count). The van der Waals surface area contributed by atoms with Gasteiger partial charge in [-0.2, -0.15) is 0 Å². The van der Waals surface area contributed by atoms with Crippen LogP contribution in [0.25, 0.3) is 0 Å². The van der Waals surface area contributed by atoms with E-state index in [2.05, 4.69) is 10.6 Å². The van der Waals surface area contributed by atoms with Crippen molar-refractivity contribution in [2.75, 3.05) is 5.32 Å². The summed E-state index contributed by atoms with van der Waals surface area (Å²) in [5.74, 6) is -0.221. The second-order valence-corrected chi connectivity index (χ2v) is 6.61. The normalized spacial score (nSPS) is 10.4. The van der Waals surface area contributed by atoms with Crippen molar-refractivity contribution in [1.82, 2.24) is 5.32 Å². The average Bonchev–Trinajstić information content (AvgIpc) is 2.59. The standard InChI is InChI=1S/C21H24N2O4/c1-14(2)11-20(25)23-19-10-5-4-7-17(19)13-22-21(26)16-8-6-9-18(12-16)27-15(3)24/h4-10,12,14H,11,13H2,1-3H3,(H,22,26)(H,23,25). The Hall–Kier alpha value is -3.15. The van der Waals surface area contributed by atoms with Crippen molar-refractivity contribution >= 4 is 23.5 Å². The third-order valence-electron chi connectivity index (χ3n) is 3.68. The van der Waals surface area contributed by atoms with E-state index in [9.17, 15) is 14.4 Å². The lowest BCUT2D eigenvalue weighted by Gasteiger charge is -2.13. The highest BCUT2D eigenvalue weighted by Gasteiger charge is 2.11. The molecule has 2 aromatic carbocycles. The van der Waals surface area contributed by atoms with Gasteiger partial charge in [0.15, 0.2) is 0 Å². The number of para-hydroxylation sites is 1. The minimum absolute atomic E-state index is 0.0575. The molecule has 142 valence electrons. The molecule has 0 fully saturated rings. The van der Waals surface area contributed by atoms with Crippen LogP contribution in [0.1, 0.15) is 43.1 Å². The Bertz CT molecular complexity index is 830. The van der Waals surface area contributed by atoms with Crippen LogP contribution in [0, 0.1) is 5.92 Å². The molecule has 0 unspecified atom stereocenters. The minimum Gasteiger partial charge on any atom is -0.427 e. The van der Waals surface area contributed by atoms with Gasteiger partial charge in [0.25, 0.3) is 5.91 Å². The van der Waals surface area contributed by atoms with Gasteiger partial charge < -0.3 is 15.4 Å². The number of carbonyl (C=O) groups is 3. The fraction of sp³-hybridized carbons (Fsp3) is 0.286. The van der Waals surface area contributed by atoms with E-state index < -0.39 is 5.97 Å². The summed E-state index contributed by atoms with van der Waals surface area (Å²) >= 11 is 0. The van der Waals surface area contributed by atoms with E-state index in [-0.39, 0.29) is 24.3 Å². The predicted molar refractivity (Wildman–Crippen MR) is 103 cm³/mol. The number of hydrogen-bond donors (Lipinski definition) is 2. The molecule has 0 atom stereocenters. The molecule has 0 aliphatic rings. The van der Waals surface area contributed by atoms with Crippen LogP contribution >= 0.6 is 0 Å². The highest BCUT2D eigenvalue weighted by atomic mass is 16.5. The Morgan fingerprint density at radius 2 is 1.78 bits per heavy atom. The van der Waals surface area contributed by atoms with E-state index in [0.29, 0.717) is 23.4 Å². The summed E-state index contributed by atoms with van der Waals surface area (Å²) in [6.45, 7) is 5.53. The number of nitrogens with one attached hydrogen (secondary N) is 2. The lowest BCUT2D eigenvalue weighted by Crippen LogP contribution is -2.24. The van der Waals surface area contributed by atoms with Crippen LogP contribution in [0.4, 0.5) is 5.69 Å². The Kier molecular flexibility index (Phi) is 7.11. The lowest BCUT2D eigenvalue weighted by molar-refractivity contribution is -0.131. The van der Waals surface area contributed by atoms with Crippen molar-refractivity contribution in [3.63, 3.8) is 0 Å². The third-order valence-corrected chi connectivity index (χ3v) is 3.68. The number of carbonyl (C=O) groups excluding carboxylic acids is 3. The van der Waals surface area contributed by atoms with E-state index >= 15 is 0 Å². The molecule has 2 aromatic rings. The Morgan fingerprint density at radius 1 is 1.04 bits per heavy atom. The molecule has 0 heterocycles. The molecule has 2 amide bonds. The summed E-state index contributed by atoms with van der Waals surface area (Å²) in [6.07, 6.45) is 0.434. The van der Waals surface area contributed by atoms with Gasteiger partial charge in [-0.25, -0.2) is 0 Å². The lowest BCUT2D eigenvalue weighted by atomic mass is 10.1. The SMILES string of the molecule is CC(=O)Oc1cccc(C(=O)NCc2ccccc2NC(=O)CC(C)C)c1. The van der Waals surface area contributed by atoms with Gasteiger partial charge in [-0.1, -0.05) is 38.1 Å². The molecule has 0 saturated carbocycles. The predicted octanol–water partition coefficient (Wildman–Crippen LogP) is 3.53. The van der Waals surface area contributed by atoms with Crippen molar-refractivity contribution in [2.24, 2.45) is 5.92 Å². The van der Waals surface area contributed by atoms with E-state index in [1.165, 1.54) is 13.0 Å². The van der Waals surface area contributed by atoms with Crippen LogP contribution < -0.4 is 15.4 Å². The molecule has 0 bridgehead atoms. The zero-order valence-electron chi connectivity index (χ0n) is 15.7. The molecular weight excluding hydrogens is 344 g/mol. The topological polar surface area (TPSA) is 84.5 Å². The number of benzene rings is 2. The van der Waals surface area contributed by atoms with Gasteiger partial charge in [-0.3, -0.25) is 14.4 Å². The highest BCUT2D eigenvalue weighted by Crippen LogP contribution is 2.17. The zero-order chi connectivity index (χ0) is 19.8. The second-order valence-electron chi connectivity index (χ2n) is 6.61. The fourth-order valence-corrected chi connectivity index (χ4v) is 2.51. The van der Waals surface area contributed by atoms with E-state index in [1.807, 2.05) is 32.0 Å². The van der Waals surface area contributed by atoms with Gasteiger partial charge in [-0.15, -0.1) is 0 Å². The van der Waals surface area contributed by atoms with Crippen LogP contribution in [0.3, 0.4) is 0 Å². The van der Waals surface area contributed by atoms with E-state index in [0.717, 1.165) is 5.56 Å². The van der Waals surface area contributed by atoms with Crippen LogP contribution in [0.5, 0.6) is 5.75 Å². The summed E-state index contributed by atoms with van der Waals surface area (Å²) in [7, 11) is 0. The molecule has 0 aromatic heterocycles. The van der Waals surface area contributed by atoms with Gasteiger partial charge in [0, 0.05) is 31.1 Å². The van der Waals surface area contributed by atoms with Crippen molar-refractivity contribution in [1.29, 1.82) is 0 Å². The summed E-state index contributed by atoms with van der Waals surface area (Å²) in [5.41, 5.74) is 1.87. The van der Waals surface area contributed by atoms with Gasteiger partial charge in [0.1, 0.15) is 5.75 Å². The van der Waals surface area contributed by atoms with Crippen LogP contribution in [0.15, 0.2) is 48.5 Å². The third kappa shape index (κ3) is 6.58. The molecule has 0 aliphatic heterocycles. The largest absolute Gasteiger partial charge is 0.427 e. The smallest absolute Gasteiger partial charge is 0.308 e. The number of esters is 1. The molecule has 27 heavy (non-hydrogen) atoms. The highest BCUT2D eigenvalue weighted by molar-refractivity contribution is 5.95. The Morgan fingerprint density at radius 3 is 2.48 bits per heavy atom. The summed E-state index contributed by atoms with van der Waals surface area (Å²) < 4.78 is 5.00. The van der Waals surface area contributed by atoms with Crippen molar-refractivity contribution in [3.05, 3.63) is 59.7 Å². The zero-order valence-corrected chi connectivity index (χ0v) is 15.7. The molecule has 0 radical (unpaired) electrons. The summed E-state index contributed by atoms with van der Waals surface area (Å²) in [6, 6.07) is 13.7.